The maximum Gasteiger partial charge on any atom is 0.239 e. The van der Waals surface area contributed by atoms with E-state index in [4.69, 9.17) is 10.5 Å². The Kier molecular flexibility index (Phi) is 4.51. The summed E-state index contributed by atoms with van der Waals surface area (Å²) in [7, 11) is 0. The number of carbonyl (C=O) groups excluding carboxylic acids is 1. The number of rotatable bonds is 4. The van der Waals surface area contributed by atoms with Gasteiger partial charge in [-0.3, -0.25) is 9.69 Å². The molecule has 0 bridgehead atoms. The first kappa shape index (κ1) is 14.8. The molecule has 0 spiro atoms. The van der Waals surface area contributed by atoms with Crippen LogP contribution in [0.3, 0.4) is 0 Å². The molecule has 1 heterocycles. The van der Waals surface area contributed by atoms with E-state index in [1.807, 2.05) is 48.5 Å². The maximum absolute atomic E-state index is 12.0. The van der Waals surface area contributed by atoms with Gasteiger partial charge in [-0.2, -0.15) is 0 Å². The van der Waals surface area contributed by atoms with Gasteiger partial charge in [-0.1, -0.05) is 60.7 Å². The van der Waals surface area contributed by atoms with Gasteiger partial charge in [0.1, 0.15) is 6.04 Å². The number of carbonyl (C=O) groups is 1. The molecule has 1 amide bonds. The zero-order valence-electron chi connectivity index (χ0n) is 12.4. The van der Waals surface area contributed by atoms with Crippen LogP contribution in [0.2, 0.25) is 0 Å². The molecular weight excluding hydrogens is 276 g/mol. The Bertz CT molecular complexity index is 615. The summed E-state index contributed by atoms with van der Waals surface area (Å²) < 4.78 is 5.87. The summed E-state index contributed by atoms with van der Waals surface area (Å²) >= 11 is 0. The SMILES string of the molecule is NC(=O)[C@@H](c1ccccc1)N1CCO[C@@H](c2ccccc2)C1. The molecule has 2 N–H and O–H groups in total. The maximum atomic E-state index is 12.0. The van der Waals surface area contributed by atoms with E-state index in [2.05, 4.69) is 17.0 Å². The van der Waals surface area contributed by atoms with Crippen molar-refractivity contribution in [1.29, 1.82) is 0 Å². The van der Waals surface area contributed by atoms with Crippen molar-refractivity contribution in [1.82, 2.24) is 4.90 Å². The Labute approximate surface area is 130 Å². The van der Waals surface area contributed by atoms with Crippen LogP contribution in [-0.4, -0.2) is 30.5 Å². The number of hydrogen-bond acceptors (Lipinski definition) is 3. The Morgan fingerprint density at radius 3 is 2.36 bits per heavy atom. The Morgan fingerprint density at radius 1 is 1.09 bits per heavy atom. The molecule has 0 unspecified atom stereocenters. The van der Waals surface area contributed by atoms with Gasteiger partial charge in [0.2, 0.25) is 5.91 Å². The zero-order chi connectivity index (χ0) is 15.4. The van der Waals surface area contributed by atoms with Gasteiger partial charge >= 0.3 is 0 Å². The average Bonchev–Trinajstić information content (AvgIpc) is 2.57. The van der Waals surface area contributed by atoms with E-state index in [0.29, 0.717) is 19.7 Å². The van der Waals surface area contributed by atoms with E-state index in [9.17, 15) is 4.79 Å². The predicted octanol–water partition coefficient (Wildman–Crippen LogP) is 2.29. The molecule has 0 radical (unpaired) electrons. The van der Waals surface area contributed by atoms with Crippen LogP contribution in [-0.2, 0) is 9.53 Å². The van der Waals surface area contributed by atoms with Gasteiger partial charge in [-0.25, -0.2) is 0 Å². The third kappa shape index (κ3) is 3.18. The highest BCUT2D eigenvalue weighted by atomic mass is 16.5. The summed E-state index contributed by atoms with van der Waals surface area (Å²) in [6.45, 7) is 1.95. The van der Waals surface area contributed by atoms with E-state index in [-0.39, 0.29) is 12.0 Å². The minimum absolute atomic E-state index is 0.0273. The topological polar surface area (TPSA) is 55.6 Å². The number of benzene rings is 2. The monoisotopic (exact) mass is 296 g/mol. The van der Waals surface area contributed by atoms with Crippen molar-refractivity contribution in [3.05, 3.63) is 71.8 Å². The number of nitrogens with two attached hydrogens (primary N) is 1. The largest absolute Gasteiger partial charge is 0.371 e. The number of amides is 1. The van der Waals surface area contributed by atoms with Crippen LogP contribution in [0.1, 0.15) is 23.3 Å². The second-order valence-electron chi connectivity index (χ2n) is 5.48. The smallest absolute Gasteiger partial charge is 0.239 e. The molecule has 0 saturated carbocycles. The zero-order valence-corrected chi connectivity index (χ0v) is 12.4. The summed E-state index contributed by atoms with van der Waals surface area (Å²) in [5.74, 6) is -0.320. The van der Waals surface area contributed by atoms with Gasteiger partial charge in [0, 0.05) is 13.1 Å². The molecule has 1 saturated heterocycles. The van der Waals surface area contributed by atoms with Gasteiger partial charge in [0.15, 0.2) is 0 Å². The lowest BCUT2D eigenvalue weighted by molar-refractivity contribution is -0.127. The molecule has 4 heteroatoms. The molecule has 1 fully saturated rings. The Morgan fingerprint density at radius 2 is 1.73 bits per heavy atom. The first-order chi connectivity index (χ1) is 10.8. The molecule has 1 aliphatic heterocycles. The lowest BCUT2D eigenvalue weighted by Gasteiger charge is -2.37. The van der Waals surface area contributed by atoms with Crippen molar-refractivity contribution in [3.63, 3.8) is 0 Å². The molecule has 0 aromatic heterocycles. The lowest BCUT2D eigenvalue weighted by Crippen LogP contribution is -2.45. The fourth-order valence-electron chi connectivity index (χ4n) is 2.96. The van der Waals surface area contributed by atoms with Crippen molar-refractivity contribution in [3.8, 4) is 0 Å². The van der Waals surface area contributed by atoms with Crippen LogP contribution in [0.15, 0.2) is 60.7 Å². The highest BCUT2D eigenvalue weighted by Crippen LogP contribution is 2.28. The summed E-state index contributed by atoms with van der Waals surface area (Å²) in [5, 5.41) is 0. The standard InChI is InChI=1S/C18H20N2O2/c19-18(21)17(15-9-5-2-6-10-15)20-11-12-22-16(13-20)14-7-3-1-4-8-14/h1-10,16-17H,11-13H2,(H2,19,21)/t16-,17-/m1/s1. The summed E-state index contributed by atoms with van der Waals surface area (Å²) in [6.07, 6.45) is -0.0273. The van der Waals surface area contributed by atoms with Gasteiger partial charge in [0.25, 0.3) is 0 Å². The molecule has 22 heavy (non-hydrogen) atoms. The molecule has 3 rings (SSSR count). The molecular formula is C18H20N2O2. The summed E-state index contributed by atoms with van der Waals surface area (Å²) in [4.78, 5) is 14.1. The normalized spacial score (nSPS) is 20.5. The Hall–Kier alpha value is -2.17. The van der Waals surface area contributed by atoms with Crippen LogP contribution < -0.4 is 5.73 Å². The number of hydrogen-bond donors (Lipinski definition) is 1. The number of morpholine rings is 1. The number of primary amides is 1. The number of nitrogens with zero attached hydrogens (tertiary/aromatic N) is 1. The van der Waals surface area contributed by atoms with Crippen LogP contribution in [0.5, 0.6) is 0 Å². The minimum atomic E-state index is -0.406. The fourth-order valence-corrected chi connectivity index (χ4v) is 2.96. The van der Waals surface area contributed by atoms with Crippen molar-refractivity contribution in [2.45, 2.75) is 12.1 Å². The molecule has 2 atom stereocenters. The third-order valence-electron chi connectivity index (χ3n) is 4.02. The van der Waals surface area contributed by atoms with Crippen molar-refractivity contribution < 1.29 is 9.53 Å². The molecule has 4 nitrogen and oxygen atoms in total. The first-order valence-corrected chi connectivity index (χ1v) is 7.50. The van der Waals surface area contributed by atoms with E-state index in [0.717, 1.165) is 11.1 Å². The lowest BCUT2D eigenvalue weighted by atomic mass is 10.0. The molecule has 2 aromatic rings. The fraction of sp³-hybridized carbons (Fsp3) is 0.278. The molecule has 2 aromatic carbocycles. The predicted molar refractivity (Wildman–Crippen MR) is 85.1 cm³/mol. The van der Waals surface area contributed by atoms with Gasteiger partial charge < -0.3 is 10.5 Å². The quantitative estimate of drug-likeness (QED) is 0.942. The van der Waals surface area contributed by atoms with Crippen LogP contribution in [0.25, 0.3) is 0 Å². The summed E-state index contributed by atoms with van der Waals surface area (Å²) in [5.41, 5.74) is 7.72. The van der Waals surface area contributed by atoms with E-state index < -0.39 is 6.04 Å². The third-order valence-corrected chi connectivity index (χ3v) is 4.02. The second kappa shape index (κ2) is 6.73. The number of ether oxygens (including phenoxy) is 1. The van der Waals surface area contributed by atoms with Gasteiger partial charge in [-0.15, -0.1) is 0 Å². The van der Waals surface area contributed by atoms with Crippen LogP contribution in [0, 0.1) is 0 Å². The van der Waals surface area contributed by atoms with Crippen molar-refractivity contribution in [2.24, 2.45) is 5.73 Å². The molecule has 114 valence electrons. The minimum Gasteiger partial charge on any atom is -0.371 e. The molecule has 1 aliphatic rings. The Balaban J connectivity index is 1.82. The first-order valence-electron chi connectivity index (χ1n) is 7.50. The highest BCUT2D eigenvalue weighted by molar-refractivity contribution is 5.81. The summed E-state index contributed by atoms with van der Waals surface area (Å²) in [6, 6.07) is 19.4. The van der Waals surface area contributed by atoms with E-state index in [1.54, 1.807) is 0 Å². The van der Waals surface area contributed by atoms with Crippen LogP contribution >= 0.6 is 0 Å². The molecule has 0 aliphatic carbocycles. The van der Waals surface area contributed by atoms with Crippen molar-refractivity contribution in [2.75, 3.05) is 19.7 Å². The van der Waals surface area contributed by atoms with Crippen molar-refractivity contribution >= 4 is 5.91 Å². The second-order valence-corrected chi connectivity index (χ2v) is 5.48. The van der Waals surface area contributed by atoms with E-state index >= 15 is 0 Å². The van der Waals surface area contributed by atoms with Gasteiger partial charge in [0.05, 0.1) is 12.7 Å². The van der Waals surface area contributed by atoms with E-state index in [1.165, 1.54) is 0 Å². The van der Waals surface area contributed by atoms with Gasteiger partial charge in [-0.05, 0) is 11.1 Å². The van der Waals surface area contributed by atoms with Crippen LogP contribution in [0.4, 0.5) is 0 Å². The average molecular weight is 296 g/mol. The highest BCUT2D eigenvalue weighted by Gasteiger charge is 2.31.